The fraction of sp³-hybridized carbons (Fsp3) is 1.00. The number of ether oxygens (including phenoxy) is 3. The Morgan fingerprint density at radius 1 is 1.50 bits per heavy atom. The van der Waals surface area contributed by atoms with Crippen molar-refractivity contribution in [1.29, 1.82) is 0 Å². The van der Waals surface area contributed by atoms with Crippen molar-refractivity contribution in [2.75, 3.05) is 53.2 Å². The summed E-state index contributed by atoms with van der Waals surface area (Å²) < 4.78 is 15.3. The van der Waals surface area contributed by atoms with Crippen molar-refractivity contribution in [3.05, 3.63) is 0 Å². The van der Waals surface area contributed by atoms with Gasteiger partial charge in [0.25, 0.3) is 0 Å². The molecule has 96 valence electrons. The summed E-state index contributed by atoms with van der Waals surface area (Å²) in [6, 6.07) is 0. The fourth-order valence-electron chi connectivity index (χ4n) is 1.62. The number of hydrogen-bond acceptors (Lipinski definition) is 5. The third-order valence-electron chi connectivity index (χ3n) is 2.58. The first-order valence-corrected chi connectivity index (χ1v) is 5.86. The summed E-state index contributed by atoms with van der Waals surface area (Å²) in [6.45, 7) is 4.65. The summed E-state index contributed by atoms with van der Waals surface area (Å²) in [5.74, 6) is 0.599. The Kier molecular flexibility index (Phi) is 7.71. The highest BCUT2D eigenvalue weighted by molar-refractivity contribution is 4.68. The van der Waals surface area contributed by atoms with Crippen LogP contribution in [-0.2, 0) is 14.2 Å². The van der Waals surface area contributed by atoms with Crippen LogP contribution in [0, 0.1) is 5.92 Å². The van der Waals surface area contributed by atoms with Gasteiger partial charge in [0.05, 0.1) is 32.5 Å². The van der Waals surface area contributed by atoms with Gasteiger partial charge in [0, 0.05) is 26.8 Å². The van der Waals surface area contributed by atoms with E-state index in [-0.39, 0.29) is 0 Å². The van der Waals surface area contributed by atoms with Gasteiger partial charge in [-0.1, -0.05) is 0 Å². The molecule has 0 aliphatic carbocycles. The van der Waals surface area contributed by atoms with Crippen molar-refractivity contribution in [2.45, 2.75) is 12.5 Å². The summed E-state index contributed by atoms with van der Waals surface area (Å²) >= 11 is 0. The normalized spacial score (nSPS) is 22.5. The molecular weight excluding hydrogens is 210 g/mol. The van der Waals surface area contributed by atoms with Crippen LogP contribution in [0.2, 0.25) is 0 Å². The molecule has 5 heteroatoms. The summed E-state index contributed by atoms with van der Waals surface area (Å²) in [4.78, 5) is 0. The molecule has 16 heavy (non-hydrogen) atoms. The van der Waals surface area contributed by atoms with Gasteiger partial charge in [-0.15, -0.1) is 0 Å². The van der Waals surface area contributed by atoms with Crippen LogP contribution in [0.3, 0.4) is 0 Å². The Bertz CT molecular complexity index is 162. The lowest BCUT2D eigenvalue weighted by molar-refractivity contribution is 0.0135. The highest BCUT2D eigenvalue weighted by Crippen LogP contribution is 2.10. The minimum Gasteiger partial charge on any atom is -0.389 e. The minimum absolute atomic E-state index is 0.359. The lowest BCUT2D eigenvalue weighted by Gasteiger charge is -2.14. The second kappa shape index (κ2) is 8.90. The van der Waals surface area contributed by atoms with Gasteiger partial charge in [0.1, 0.15) is 0 Å². The van der Waals surface area contributed by atoms with E-state index in [1.165, 1.54) is 0 Å². The van der Waals surface area contributed by atoms with E-state index >= 15 is 0 Å². The molecule has 0 aromatic heterocycles. The molecule has 1 heterocycles. The lowest BCUT2D eigenvalue weighted by Crippen LogP contribution is -2.33. The molecule has 1 rings (SSSR count). The predicted molar refractivity (Wildman–Crippen MR) is 60.5 cm³/mol. The van der Waals surface area contributed by atoms with Crippen molar-refractivity contribution >= 4 is 0 Å². The number of nitrogens with one attached hydrogen (secondary N) is 1. The van der Waals surface area contributed by atoms with E-state index < -0.39 is 6.10 Å². The van der Waals surface area contributed by atoms with Gasteiger partial charge >= 0.3 is 0 Å². The first kappa shape index (κ1) is 13.9. The van der Waals surface area contributed by atoms with Gasteiger partial charge < -0.3 is 24.6 Å². The zero-order chi connectivity index (χ0) is 11.6. The summed E-state index contributed by atoms with van der Waals surface area (Å²) in [5, 5.41) is 12.8. The van der Waals surface area contributed by atoms with Crippen molar-refractivity contribution in [2.24, 2.45) is 5.92 Å². The average Bonchev–Trinajstić information content (AvgIpc) is 2.77. The summed E-state index contributed by atoms with van der Waals surface area (Å²) in [5.41, 5.74) is 0. The molecule has 2 N–H and O–H groups in total. The fourth-order valence-corrected chi connectivity index (χ4v) is 1.62. The van der Waals surface area contributed by atoms with Crippen LogP contribution in [0.15, 0.2) is 0 Å². The van der Waals surface area contributed by atoms with Gasteiger partial charge in [-0.3, -0.25) is 0 Å². The molecular formula is C11H23NO4. The molecule has 1 aliphatic rings. The molecule has 0 aromatic rings. The number of methoxy groups -OCH3 is 1. The van der Waals surface area contributed by atoms with Gasteiger partial charge in [0.15, 0.2) is 0 Å². The second-order valence-corrected chi connectivity index (χ2v) is 4.11. The third-order valence-corrected chi connectivity index (χ3v) is 2.58. The van der Waals surface area contributed by atoms with Crippen LogP contribution in [0.1, 0.15) is 6.42 Å². The van der Waals surface area contributed by atoms with E-state index in [1.54, 1.807) is 7.11 Å². The summed E-state index contributed by atoms with van der Waals surface area (Å²) in [6.07, 6.45) is 0.673. The molecule has 2 unspecified atom stereocenters. The Morgan fingerprint density at radius 2 is 2.38 bits per heavy atom. The molecule has 1 saturated heterocycles. The molecule has 0 saturated carbocycles. The van der Waals surface area contributed by atoms with Crippen molar-refractivity contribution in [3.8, 4) is 0 Å². The molecule has 0 amide bonds. The van der Waals surface area contributed by atoms with Crippen LogP contribution in [-0.4, -0.2) is 64.4 Å². The Hall–Kier alpha value is -0.200. The Labute approximate surface area is 97.1 Å². The second-order valence-electron chi connectivity index (χ2n) is 4.11. The quantitative estimate of drug-likeness (QED) is 0.532. The zero-order valence-corrected chi connectivity index (χ0v) is 9.98. The number of hydrogen-bond donors (Lipinski definition) is 2. The topological polar surface area (TPSA) is 60.0 Å². The number of rotatable bonds is 9. The first-order valence-electron chi connectivity index (χ1n) is 5.86. The number of aliphatic hydroxyl groups is 1. The maximum Gasteiger partial charge on any atom is 0.0897 e. The van der Waals surface area contributed by atoms with E-state index in [2.05, 4.69) is 5.32 Å². The van der Waals surface area contributed by atoms with Crippen molar-refractivity contribution < 1.29 is 19.3 Å². The smallest absolute Gasteiger partial charge is 0.0897 e. The number of aliphatic hydroxyl groups excluding tert-OH is 1. The highest BCUT2D eigenvalue weighted by Gasteiger charge is 2.15. The molecule has 0 radical (unpaired) electrons. The standard InChI is InChI=1S/C11H23NO4/c1-14-4-5-16-9-11(13)7-12-6-10-2-3-15-8-10/h10-13H,2-9H2,1H3. The molecule has 1 fully saturated rings. The van der Waals surface area contributed by atoms with Gasteiger partial charge in [-0.2, -0.15) is 0 Å². The molecule has 0 aromatic carbocycles. The molecule has 2 atom stereocenters. The highest BCUT2D eigenvalue weighted by atomic mass is 16.5. The Morgan fingerprint density at radius 3 is 3.06 bits per heavy atom. The SMILES string of the molecule is COCCOCC(O)CNCC1CCOC1. The molecule has 5 nitrogen and oxygen atoms in total. The monoisotopic (exact) mass is 233 g/mol. The van der Waals surface area contributed by atoms with Crippen LogP contribution in [0.5, 0.6) is 0 Å². The molecule has 0 spiro atoms. The van der Waals surface area contributed by atoms with Crippen LogP contribution in [0.25, 0.3) is 0 Å². The summed E-state index contributed by atoms with van der Waals surface area (Å²) in [7, 11) is 1.63. The van der Waals surface area contributed by atoms with E-state index in [1.807, 2.05) is 0 Å². The van der Waals surface area contributed by atoms with Crippen molar-refractivity contribution in [1.82, 2.24) is 5.32 Å². The van der Waals surface area contributed by atoms with Gasteiger partial charge in [-0.25, -0.2) is 0 Å². The lowest BCUT2D eigenvalue weighted by atomic mass is 10.1. The van der Waals surface area contributed by atoms with E-state index in [0.29, 0.717) is 32.3 Å². The van der Waals surface area contributed by atoms with Gasteiger partial charge in [0.2, 0.25) is 0 Å². The van der Waals surface area contributed by atoms with Crippen LogP contribution >= 0.6 is 0 Å². The largest absolute Gasteiger partial charge is 0.389 e. The maximum absolute atomic E-state index is 9.56. The first-order chi connectivity index (χ1) is 7.83. The van der Waals surface area contributed by atoms with Gasteiger partial charge in [-0.05, 0) is 12.3 Å². The third kappa shape index (κ3) is 6.40. The maximum atomic E-state index is 9.56. The van der Waals surface area contributed by atoms with E-state index in [4.69, 9.17) is 14.2 Å². The zero-order valence-electron chi connectivity index (χ0n) is 9.98. The van der Waals surface area contributed by atoms with Crippen LogP contribution in [0.4, 0.5) is 0 Å². The Balaban J connectivity index is 1.87. The molecule has 0 bridgehead atoms. The van der Waals surface area contributed by atoms with E-state index in [0.717, 1.165) is 26.2 Å². The van der Waals surface area contributed by atoms with E-state index in [9.17, 15) is 5.11 Å². The van der Waals surface area contributed by atoms with Crippen LogP contribution < -0.4 is 5.32 Å². The average molecular weight is 233 g/mol. The van der Waals surface area contributed by atoms with Crippen molar-refractivity contribution in [3.63, 3.8) is 0 Å². The minimum atomic E-state index is -0.445. The predicted octanol–water partition coefficient (Wildman–Crippen LogP) is -0.364. The molecule has 1 aliphatic heterocycles.